The second kappa shape index (κ2) is 6.80. The molecule has 0 saturated carbocycles. The van der Waals surface area contributed by atoms with Gasteiger partial charge >= 0.3 is 11.9 Å². The quantitative estimate of drug-likeness (QED) is 0.795. The fourth-order valence-corrected chi connectivity index (χ4v) is 4.01. The zero-order valence-corrected chi connectivity index (χ0v) is 12.4. The summed E-state index contributed by atoms with van der Waals surface area (Å²) in [5.74, 6) is -4.65. The van der Waals surface area contributed by atoms with E-state index in [0.717, 1.165) is 33.7 Å². The van der Waals surface area contributed by atoms with Gasteiger partial charge in [0.25, 0.3) is 0 Å². The average Bonchev–Trinajstić information content (AvgIpc) is 2.44. The minimum Gasteiger partial charge on any atom is -0.478 e. The number of halogens is 2. The number of carboxylic acid groups (broad SMARTS) is 2. The van der Waals surface area contributed by atoms with E-state index in [1.807, 2.05) is 0 Å². The number of rotatable bonds is 5. The van der Waals surface area contributed by atoms with Gasteiger partial charge in [0.1, 0.15) is 22.8 Å². The molecule has 0 bridgehead atoms. The molecule has 0 aliphatic rings. The van der Waals surface area contributed by atoms with Crippen molar-refractivity contribution in [2.45, 2.75) is 9.79 Å². The van der Waals surface area contributed by atoms with Crippen LogP contribution in [0.25, 0.3) is 0 Å². The van der Waals surface area contributed by atoms with Crippen LogP contribution in [0.2, 0.25) is 0 Å². The average molecular weight is 342 g/mol. The molecular formula is C14H8F2O4S2. The van der Waals surface area contributed by atoms with Gasteiger partial charge in [-0.3, -0.25) is 0 Å². The third kappa shape index (κ3) is 3.40. The van der Waals surface area contributed by atoms with Crippen LogP contribution in [-0.2, 0) is 0 Å². The first kappa shape index (κ1) is 16.3. The van der Waals surface area contributed by atoms with Crippen LogP contribution in [0.4, 0.5) is 8.78 Å². The fraction of sp³-hybridized carbons (Fsp3) is 0. The van der Waals surface area contributed by atoms with E-state index in [2.05, 4.69) is 0 Å². The van der Waals surface area contributed by atoms with Gasteiger partial charge in [-0.25, -0.2) is 18.4 Å². The molecule has 114 valence electrons. The van der Waals surface area contributed by atoms with Gasteiger partial charge in [0.05, 0.1) is 0 Å². The van der Waals surface area contributed by atoms with E-state index < -0.39 is 34.7 Å². The molecule has 22 heavy (non-hydrogen) atoms. The minimum absolute atomic E-state index is 0.109. The highest BCUT2D eigenvalue weighted by Crippen LogP contribution is 2.41. The lowest BCUT2D eigenvalue weighted by Gasteiger charge is -2.08. The number of carbonyl (C=O) groups is 2. The van der Waals surface area contributed by atoms with E-state index >= 15 is 0 Å². The molecule has 2 aromatic rings. The summed E-state index contributed by atoms with van der Waals surface area (Å²) < 4.78 is 27.1. The number of hydrogen-bond acceptors (Lipinski definition) is 4. The highest BCUT2D eigenvalue weighted by molar-refractivity contribution is 8.76. The molecule has 0 atom stereocenters. The Hall–Kier alpha value is -2.06. The number of hydrogen-bond donors (Lipinski definition) is 2. The Labute approximate surface area is 131 Å². The summed E-state index contributed by atoms with van der Waals surface area (Å²) >= 11 is 0. The summed E-state index contributed by atoms with van der Waals surface area (Å²) in [4.78, 5) is 22.4. The molecule has 0 saturated heterocycles. The zero-order chi connectivity index (χ0) is 16.3. The van der Waals surface area contributed by atoms with Crippen LogP contribution in [0.15, 0.2) is 46.2 Å². The van der Waals surface area contributed by atoms with Crippen LogP contribution < -0.4 is 0 Å². The number of carboxylic acids is 2. The van der Waals surface area contributed by atoms with Gasteiger partial charge in [0.15, 0.2) is 0 Å². The van der Waals surface area contributed by atoms with Gasteiger partial charge in [-0.2, -0.15) is 0 Å². The molecular weight excluding hydrogens is 334 g/mol. The lowest BCUT2D eigenvalue weighted by Crippen LogP contribution is -2.03. The third-order valence-electron chi connectivity index (χ3n) is 2.60. The van der Waals surface area contributed by atoms with E-state index in [-0.39, 0.29) is 9.79 Å². The predicted molar refractivity (Wildman–Crippen MR) is 78.4 cm³/mol. The molecule has 2 aromatic carbocycles. The first-order valence-corrected chi connectivity index (χ1v) is 7.95. The van der Waals surface area contributed by atoms with Crippen LogP contribution >= 0.6 is 21.6 Å². The highest BCUT2D eigenvalue weighted by Gasteiger charge is 2.19. The molecule has 0 aliphatic carbocycles. The number of benzene rings is 2. The summed E-state index contributed by atoms with van der Waals surface area (Å²) in [6, 6.07) is 7.50. The van der Waals surface area contributed by atoms with Crippen molar-refractivity contribution in [2.75, 3.05) is 0 Å². The Morgan fingerprint density at radius 2 is 1.14 bits per heavy atom. The Kier molecular flexibility index (Phi) is 5.04. The summed E-state index contributed by atoms with van der Waals surface area (Å²) in [7, 11) is 1.70. The number of aromatic carboxylic acids is 2. The van der Waals surface area contributed by atoms with Crippen LogP contribution in [0.3, 0.4) is 0 Å². The molecule has 0 aliphatic heterocycles. The smallest absolute Gasteiger partial charge is 0.339 e. The van der Waals surface area contributed by atoms with E-state index in [0.29, 0.717) is 0 Å². The molecule has 0 amide bonds. The maximum absolute atomic E-state index is 13.5. The normalized spacial score (nSPS) is 10.5. The molecule has 0 fully saturated rings. The molecule has 8 heteroatoms. The van der Waals surface area contributed by atoms with Crippen molar-refractivity contribution in [3.63, 3.8) is 0 Å². The van der Waals surface area contributed by atoms with Crippen LogP contribution in [0.1, 0.15) is 20.7 Å². The molecule has 0 spiro atoms. The van der Waals surface area contributed by atoms with Crippen LogP contribution in [-0.4, -0.2) is 22.2 Å². The Morgan fingerprint density at radius 3 is 1.45 bits per heavy atom. The second-order valence-corrected chi connectivity index (χ2v) is 6.22. The Morgan fingerprint density at radius 1 is 0.773 bits per heavy atom. The summed E-state index contributed by atoms with van der Waals surface area (Å²) in [5, 5.41) is 18.0. The van der Waals surface area contributed by atoms with Crippen LogP contribution in [0.5, 0.6) is 0 Å². The van der Waals surface area contributed by atoms with Gasteiger partial charge in [0.2, 0.25) is 0 Å². The maximum atomic E-state index is 13.5. The van der Waals surface area contributed by atoms with Crippen molar-refractivity contribution in [1.82, 2.24) is 0 Å². The van der Waals surface area contributed by atoms with Crippen molar-refractivity contribution in [1.29, 1.82) is 0 Å². The van der Waals surface area contributed by atoms with E-state index in [9.17, 15) is 18.4 Å². The van der Waals surface area contributed by atoms with Crippen molar-refractivity contribution in [3.05, 3.63) is 59.2 Å². The van der Waals surface area contributed by atoms with Crippen molar-refractivity contribution in [3.8, 4) is 0 Å². The van der Waals surface area contributed by atoms with Crippen LogP contribution in [0, 0.1) is 11.6 Å². The molecule has 0 heterocycles. The summed E-state index contributed by atoms with van der Waals surface area (Å²) in [6.07, 6.45) is 0. The Bertz CT molecular complexity index is 686. The maximum Gasteiger partial charge on any atom is 0.339 e. The van der Waals surface area contributed by atoms with Gasteiger partial charge in [-0.05, 0) is 24.3 Å². The lowest BCUT2D eigenvalue weighted by molar-refractivity contribution is 0.0676. The standard InChI is InChI=1S/C14H8F2O4S2/c15-7-3-1-5-9(11(7)13(17)18)21-22-10-6-2-4-8(16)12(10)14(19)20/h1-6H,(H,17,18)(H,19,20). The van der Waals surface area contributed by atoms with Crippen molar-refractivity contribution < 1.29 is 28.6 Å². The van der Waals surface area contributed by atoms with E-state index in [4.69, 9.17) is 10.2 Å². The van der Waals surface area contributed by atoms with Gasteiger partial charge in [-0.15, -0.1) is 0 Å². The van der Waals surface area contributed by atoms with Gasteiger partial charge in [0, 0.05) is 9.79 Å². The lowest BCUT2D eigenvalue weighted by atomic mass is 10.2. The fourth-order valence-electron chi connectivity index (χ4n) is 1.65. The SMILES string of the molecule is O=C(O)c1c(F)cccc1SSc1cccc(F)c1C(=O)O. The molecule has 2 rings (SSSR count). The summed E-state index contributed by atoms with van der Waals surface area (Å²) in [5.41, 5.74) is -1.01. The second-order valence-electron chi connectivity index (χ2n) is 4.00. The minimum atomic E-state index is -1.43. The zero-order valence-electron chi connectivity index (χ0n) is 10.7. The molecule has 4 nitrogen and oxygen atoms in total. The summed E-state index contributed by atoms with van der Waals surface area (Å²) in [6.45, 7) is 0. The monoisotopic (exact) mass is 342 g/mol. The molecule has 0 radical (unpaired) electrons. The molecule has 0 unspecified atom stereocenters. The van der Waals surface area contributed by atoms with E-state index in [1.54, 1.807) is 0 Å². The highest BCUT2D eigenvalue weighted by atomic mass is 33.1. The van der Waals surface area contributed by atoms with Crippen molar-refractivity contribution in [2.24, 2.45) is 0 Å². The van der Waals surface area contributed by atoms with Gasteiger partial charge in [-0.1, -0.05) is 33.7 Å². The molecule has 0 aromatic heterocycles. The first-order valence-electron chi connectivity index (χ1n) is 5.80. The van der Waals surface area contributed by atoms with Gasteiger partial charge < -0.3 is 10.2 Å². The largest absolute Gasteiger partial charge is 0.478 e. The Balaban J connectivity index is 2.33. The van der Waals surface area contributed by atoms with E-state index in [1.165, 1.54) is 24.3 Å². The van der Waals surface area contributed by atoms with Crippen molar-refractivity contribution >= 4 is 33.5 Å². The first-order chi connectivity index (χ1) is 10.4. The third-order valence-corrected chi connectivity index (χ3v) is 5.05. The molecule has 2 N–H and O–H groups in total. The predicted octanol–water partition coefficient (Wildman–Crippen LogP) is 4.16. The topological polar surface area (TPSA) is 74.6 Å².